The largest absolute Gasteiger partial charge is 0.247 e. The Morgan fingerprint density at radius 3 is 1.91 bits per heavy atom. The molecule has 1 rings (SSSR count). The third kappa shape index (κ3) is 1.98. The van der Waals surface area contributed by atoms with Gasteiger partial charge in [0, 0.05) is 0 Å². The van der Waals surface area contributed by atoms with Crippen molar-refractivity contribution in [1.29, 1.82) is 0 Å². The molecule has 0 aliphatic rings. The van der Waals surface area contributed by atoms with E-state index in [9.17, 15) is 0 Å². The molecule has 0 saturated carbocycles. The molecule has 0 unspecified atom stereocenters. The molecule has 0 saturated heterocycles. The number of aryl methyl sites for hydroxylation is 2. The van der Waals surface area contributed by atoms with Crippen molar-refractivity contribution in [3.05, 3.63) is 29.3 Å². The van der Waals surface area contributed by atoms with E-state index in [0.29, 0.717) is 4.57 Å². The minimum absolute atomic E-state index is 0.619. The molecule has 0 aromatic heterocycles. The highest BCUT2D eigenvalue weighted by Crippen LogP contribution is 2.05. The van der Waals surface area contributed by atoms with Crippen LogP contribution in [-0.4, -0.2) is 4.57 Å². The zero-order chi connectivity index (χ0) is 8.43. The van der Waals surface area contributed by atoms with Crippen molar-refractivity contribution in [1.82, 2.24) is 0 Å². The lowest BCUT2D eigenvalue weighted by Gasteiger charge is -2.08. The number of benzene rings is 1. The fourth-order valence-corrected chi connectivity index (χ4v) is 2.44. The van der Waals surface area contributed by atoms with Crippen LogP contribution in [0.3, 0.4) is 0 Å². The first-order chi connectivity index (χ1) is 5.13. The Bertz CT molecular complexity index is 235. The van der Waals surface area contributed by atoms with Gasteiger partial charge in [-0.2, -0.15) is 0 Å². The van der Waals surface area contributed by atoms with Gasteiger partial charge in [0.05, 0.1) is 0 Å². The van der Waals surface area contributed by atoms with Gasteiger partial charge in [0.25, 0.3) is 0 Å². The molecule has 0 atom stereocenters. The van der Waals surface area contributed by atoms with Crippen LogP contribution in [0.15, 0.2) is 18.2 Å². The predicted octanol–water partition coefficient (Wildman–Crippen LogP) is 2.57. The van der Waals surface area contributed by atoms with Gasteiger partial charge < -0.3 is 0 Å². The van der Waals surface area contributed by atoms with Crippen LogP contribution >= 0.6 is 22.4 Å². The van der Waals surface area contributed by atoms with Crippen LogP contribution in [0.4, 0.5) is 0 Å². The van der Waals surface area contributed by atoms with Gasteiger partial charge in [-0.1, -0.05) is 41.6 Å². The lowest BCUT2D eigenvalue weighted by atomic mass is 9.68. The molecule has 0 bridgehead atoms. The average molecular weight is 258 g/mol. The van der Waals surface area contributed by atoms with Crippen LogP contribution in [0, 0.1) is 13.8 Å². The van der Waals surface area contributed by atoms with E-state index < -0.39 is 0 Å². The van der Waals surface area contributed by atoms with Gasteiger partial charge in [-0.05, 0) is 13.8 Å². The van der Waals surface area contributed by atoms with Crippen LogP contribution in [-0.2, 0) is 0 Å². The Morgan fingerprint density at radius 1 is 1.18 bits per heavy atom. The van der Waals surface area contributed by atoms with E-state index in [1.807, 2.05) is 0 Å². The van der Waals surface area contributed by atoms with Crippen LogP contribution in [0.5, 0.6) is 0 Å². The zero-order valence-electron chi connectivity index (χ0n) is 7.19. The molecule has 0 spiro atoms. The lowest BCUT2D eigenvalue weighted by molar-refractivity contribution is 1.43. The zero-order valence-corrected chi connectivity index (χ0v) is 9.34. The van der Waals surface area contributed by atoms with Crippen molar-refractivity contribution in [2.75, 3.05) is 0 Å². The second-order valence-corrected chi connectivity index (χ2v) is 4.79. The van der Waals surface area contributed by atoms with Gasteiger partial charge in [0.15, 0.2) is 0 Å². The summed E-state index contributed by atoms with van der Waals surface area (Å²) in [5.41, 5.74) is 4.31. The molecule has 0 aliphatic heterocycles. The van der Waals surface area contributed by atoms with Crippen molar-refractivity contribution in [2.24, 2.45) is 0 Å². The van der Waals surface area contributed by atoms with Crippen LogP contribution in [0.25, 0.3) is 0 Å². The maximum Gasteiger partial charge on any atom is 0.247 e. The molecule has 0 N–H and O–H groups in total. The van der Waals surface area contributed by atoms with E-state index in [1.54, 1.807) is 0 Å². The maximum absolute atomic E-state index is 2.46. The van der Waals surface area contributed by atoms with Crippen molar-refractivity contribution < 1.29 is 0 Å². The van der Waals surface area contributed by atoms with Crippen molar-refractivity contribution in [3.63, 3.8) is 0 Å². The highest BCUT2D eigenvalue weighted by Gasteiger charge is 2.09. The second-order valence-electron chi connectivity index (χ2n) is 2.92. The standard InChI is InChI=1S/C9H12BI/c1-7-5-4-6-8(2)9(7)10(3)11/h4-6H,1-3H3. The number of halogens is 1. The Labute approximate surface area is 82.3 Å². The highest BCUT2D eigenvalue weighted by molar-refractivity contribution is 14.1. The van der Waals surface area contributed by atoms with Gasteiger partial charge in [-0.3, -0.25) is 0 Å². The van der Waals surface area contributed by atoms with Gasteiger partial charge >= 0.3 is 0 Å². The van der Waals surface area contributed by atoms with E-state index in [2.05, 4.69) is 61.2 Å². The van der Waals surface area contributed by atoms with E-state index in [0.717, 1.165) is 0 Å². The summed E-state index contributed by atoms with van der Waals surface area (Å²) in [6.45, 7) is 6.59. The third-order valence-corrected chi connectivity index (χ3v) is 2.56. The number of rotatable bonds is 1. The van der Waals surface area contributed by atoms with Gasteiger partial charge in [0.2, 0.25) is 4.57 Å². The SMILES string of the molecule is CB(I)c1c(C)cccc1C. The fraction of sp³-hybridized carbons (Fsp3) is 0.333. The van der Waals surface area contributed by atoms with Crippen molar-refractivity contribution >= 4 is 32.4 Å². The molecule has 0 amide bonds. The average Bonchev–Trinajstić information content (AvgIpc) is 1.85. The molecule has 2 heteroatoms. The summed E-state index contributed by atoms with van der Waals surface area (Å²) in [4.78, 5) is 0. The molecule has 1 aromatic rings. The van der Waals surface area contributed by atoms with Crippen molar-refractivity contribution in [2.45, 2.75) is 20.7 Å². The molecular formula is C9H12BI. The van der Waals surface area contributed by atoms with E-state index >= 15 is 0 Å². The lowest BCUT2D eigenvalue weighted by Crippen LogP contribution is -2.25. The minimum atomic E-state index is 0.619. The first-order valence-electron chi connectivity index (χ1n) is 3.83. The molecule has 11 heavy (non-hydrogen) atoms. The van der Waals surface area contributed by atoms with E-state index in [4.69, 9.17) is 0 Å². The second kappa shape index (κ2) is 3.61. The Morgan fingerprint density at radius 2 is 1.64 bits per heavy atom. The fourth-order valence-electron chi connectivity index (χ4n) is 1.45. The maximum atomic E-state index is 2.46. The van der Waals surface area contributed by atoms with Crippen molar-refractivity contribution in [3.8, 4) is 0 Å². The number of hydrogen-bond donors (Lipinski definition) is 0. The Kier molecular flexibility index (Phi) is 2.99. The highest BCUT2D eigenvalue weighted by atomic mass is 127. The minimum Gasteiger partial charge on any atom is -0.143 e. The topological polar surface area (TPSA) is 0 Å². The summed E-state index contributed by atoms with van der Waals surface area (Å²) >= 11 is 2.46. The van der Waals surface area contributed by atoms with Crippen LogP contribution in [0.1, 0.15) is 11.1 Å². The number of hydrogen-bond acceptors (Lipinski definition) is 0. The van der Waals surface area contributed by atoms with Gasteiger partial charge in [-0.25, -0.2) is 0 Å². The molecule has 1 aromatic carbocycles. The summed E-state index contributed by atoms with van der Waals surface area (Å²) in [5, 5.41) is 0. The van der Waals surface area contributed by atoms with Gasteiger partial charge in [0.1, 0.15) is 0 Å². The molecule has 58 valence electrons. The first kappa shape index (κ1) is 9.11. The first-order valence-corrected chi connectivity index (χ1v) is 5.07. The molecule has 0 nitrogen and oxygen atoms in total. The summed E-state index contributed by atoms with van der Waals surface area (Å²) in [7, 11) is 0. The van der Waals surface area contributed by atoms with E-state index in [-0.39, 0.29) is 0 Å². The summed E-state index contributed by atoms with van der Waals surface area (Å²) in [5.74, 6) is 0. The summed E-state index contributed by atoms with van der Waals surface area (Å²) in [6.07, 6.45) is 0. The normalized spacial score (nSPS) is 9.82. The molecule has 0 heterocycles. The Balaban J connectivity index is 3.21. The van der Waals surface area contributed by atoms with Crippen LogP contribution < -0.4 is 5.46 Å². The molecular weight excluding hydrogens is 246 g/mol. The van der Waals surface area contributed by atoms with Gasteiger partial charge in [-0.15, -0.1) is 22.4 Å². The third-order valence-electron chi connectivity index (χ3n) is 1.94. The summed E-state index contributed by atoms with van der Waals surface area (Å²) in [6, 6.07) is 6.47. The van der Waals surface area contributed by atoms with Crippen LogP contribution in [0.2, 0.25) is 6.82 Å². The quantitative estimate of drug-likeness (QED) is 0.536. The monoisotopic (exact) mass is 258 g/mol. The predicted molar refractivity (Wildman–Crippen MR) is 61.2 cm³/mol. The molecule has 0 radical (unpaired) electrons. The smallest absolute Gasteiger partial charge is 0.143 e. The molecule has 0 fully saturated rings. The summed E-state index contributed by atoms with van der Waals surface area (Å²) < 4.78 is 0.619. The molecule has 0 aliphatic carbocycles. The van der Waals surface area contributed by atoms with E-state index in [1.165, 1.54) is 16.6 Å². The Hall–Kier alpha value is 0.0149.